The molecule has 1 saturated carbocycles. The van der Waals surface area contributed by atoms with Crippen molar-refractivity contribution in [2.45, 2.75) is 51.7 Å². The van der Waals surface area contributed by atoms with Crippen molar-refractivity contribution in [1.29, 1.82) is 0 Å². The van der Waals surface area contributed by atoms with Crippen molar-refractivity contribution in [1.82, 2.24) is 19.5 Å². The number of nitrogens with zero attached hydrogens (tertiary/aromatic N) is 5. The molecule has 0 amide bonds. The van der Waals surface area contributed by atoms with Gasteiger partial charge in [0.1, 0.15) is 29.9 Å². The molecule has 2 heterocycles. The number of fused-ring (bicyclic) bond motifs is 2. The normalized spacial score (nSPS) is 14.9. The first kappa shape index (κ1) is 30.9. The number of hydrogen-bond donors (Lipinski definition) is 0. The summed E-state index contributed by atoms with van der Waals surface area (Å²) in [6, 6.07) is 14.1. The molecule has 1 aliphatic rings. The van der Waals surface area contributed by atoms with Crippen molar-refractivity contribution in [2.24, 2.45) is 0 Å². The summed E-state index contributed by atoms with van der Waals surface area (Å²) in [6.07, 6.45) is 3.82. The Morgan fingerprint density at radius 1 is 1.09 bits per heavy atom. The zero-order chi connectivity index (χ0) is 31.1. The number of aromatic nitrogens is 4. The Bertz CT molecular complexity index is 1830. The summed E-state index contributed by atoms with van der Waals surface area (Å²) in [5.41, 5.74) is 5.72. The minimum absolute atomic E-state index is 0.142. The largest absolute Gasteiger partial charge is 0.483 e. The van der Waals surface area contributed by atoms with Gasteiger partial charge in [-0.3, -0.25) is 0 Å². The maximum absolute atomic E-state index is 15.8. The van der Waals surface area contributed by atoms with Gasteiger partial charge in [-0.15, -0.1) is 0 Å². The number of methoxy groups -OCH3 is 1. The van der Waals surface area contributed by atoms with Crippen LogP contribution in [0, 0.1) is 12.7 Å². The lowest BCUT2D eigenvalue weighted by atomic mass is 9.88. The molecule has 6 rings (SSSR count). The Balaban J connectivity index is 1.71. The van der Waals surface area contributed by atoms with Gasteiger partial charge in [-0.05, 0) is 84.3 Å². The van der Waals surface area contributed by atoms with Crippen LogP contribution in [-0.4, -0.2) is 53.4 Å². The Morgan fingerprint density at radius 3 is 2.50 bits per heavy atom. The average molecular weight is 728 g/mol. The molecule has 44 heavy (non-hydrogen) atoms. The van der Waals surface area contributed by atoms with Crippen molar-refractivity contribution < 1.29 is 18.6 Å². The van der Waals surface area contributed by atoms with Crippen molar-refractivity contribution in [2.75, 3.05) is 32.7 Å². The number of rotatable bonds is 11. The van der Waals surface area contributed by atoms with E-state index in [1.54, 1.807) is 13.2 Å². The van der Waals surface area contributed by atoms with Crippen LogP contribution in [0.1, 0.15) is 55.4 Å². The fourth-order valence-corrected chi connectivity index (χ4v) is 7.10. The van der Waals surface area contributed by atoms with Gasteiger partial charge in [-0.25, -0.2) is 8.84 Å². The first-order chi connectivity index (χ1) is 21.2. The van der Waals surface area contributed by atoms with Crippen molar-refractivity contribution in [3.05, 3.63) is 71.2 Å². The zero-order valence-electron chi connectivity index (χ0n) is 25.7. The van der Waals surface area contributed by atoms with E-state index in [1.807, 2.05) is 68.6 Å². The van der Waals surface area contributed by atoms with Gasteiger partial charge in [0, 0.05) is 49.2 Å². The molecule has 3 unspecified atom stereocenters. The number of hydrogen-bond acceptors (Lipinski definition) is 7. The van der Waals surface area contributed by atoms with Gasteiger partial charge >= 0.3 is 6.01 Å². The van der Waals surface area contributed by atoms with Gasteiger partial charge in [-0.2, -0.15) is 15.1 Å². The van der Waals surface area contributed by atoms with E-state index in [1.165, 1.54) is 0 Å². The fourth-order valence-electron chi connectivity index (χ4n) is 5.57. The highest BCUT2D eigenvalue weighted by Crippen LogP contribution is 2.53. The van der Waals surface area contributed by atoms with E-state index in [2.05, 4.69) is 45.3 Å². The molecule has 11 heteroatoms. The number of anilines is 1. The van der Waals surface area contributed by atoms with Gasteiger partial charge in [0.2, 0.25) is 0 Å². The summed E-state index contributed by atoms with van der Waals surface area (Å²) in [5, 5.41) is 6.37. The predicted molar refractivity (Wildman–Crippen MR) is 184 cm³/mol. The highest BCUT2D eigenvalue weighted by atomic mass is 127. The SMILES string of the molecule is COC(C)COc1nc(N(C)C)c2cc(C3CC3)c(-c3c(C)c(F)cc4c3cnn4PI)c(OC(C)c3ccccc3)c2n1. The molecule has 0 bridgehead atoms. The second-order valence-corrected chi connectivity index (χ2v) is 13.6. The Kier molecular flexibility index (Phi) is 8.95. The van der Waals surface area contributed by atoms with Gasteiger partial charge < -0.3 is 19.1 Å². The standard InChI is InChI=1S/C33H36FIN5O3P/c1-18(41-6)17-42-33-37-30-24(32(38-33)39(4)5)14-23(22-12-13-22)29(31(30)43-20(3)21-10-8-7-9-11-21)28-19(2)26(34)15-27-25(28)16-36-40(27)44-35/h7-11,14-16,18,20,22,44H,12-13,17H2,1-6H3. The fraction of sp³-hybridized carbons (Fsp3) is 0.364. The molecular formula is C33H36FIN5O3P. The molecule has 5 aromatic rings. The van der Waals surface area contributed by atoms with E-state index in [4.69, 9.17) is 24.2 Å². The second kappa shape index (κ2) is 12.7. The highest BCUT2D eigenvalue weighted by molar-refractivity contribution is 14.2. The van der Waals surface area contributed by atoms with Crippen LogP contribution in [0.4, 0.5) is 10.2 Å². The minimum atomic E-state index is -0.314. The molecule has 3 aromatic carbocycles. The molecule has 230 valence electrons. The van der Waals surface area contributed by atoms with Gasteiger partial charge in [0.05, 0.1) is 24.2 Å². The molecule has 0 N–H and O–H groups in total. The molecule has 0 radical (unpaired) electrons. The summed E-state index contributed by atoms with van der Waals surface area (Å²) in [7, 11) is 5.56. The third-order valence-corrected chi connectivity index (χ3v) is 10.1. The molecule has 2 aromatic heterocycles. The maximum atomic E-state index is 15.8. The van der Waals surface area contributed by atoms with E-state index in [0.717, 1.165) is 57.2 Å². The molecule has 0 spiro atoms. The second-order valence-electron chi connectivity index (χ2n) is 11.5. The van der Waals surface area contributed by atoms with Gasteiger partial charge in [-0.1, -0.05) is 30.3 Å². The third-order valence-electron chi connectivity index (χ3n) is 8.19. The van der Waals surface area contributed by atoms with E-state index in [9.17, 15) is 0 Å². The van der Waals surface area contributed by atoms with Crippen LogP contribution in [-0.2, 0) is 4.74 Å². The minimum Gasteiger partial charge on any atom is -0.483 e. The van der Waals surface area contributed by atoms with E-state index in [0.29, 0.717) is 35.7 Å². The van der Waals surface area contributed by atoms with Crippen molar-refractivity contribution in [3.8, 4) is 22.9 Å². The van der Waals surface area contributed by atoms with Crippen LogP contribution in [0.3, 0.4) is 0 Å². The van der Waals surface area contributed by atoms with E-state index >= 15 is 4.39 Å². The topological polar surface area (TPSA) is 74.5 Å². The van der Waals surface area contributed by atoms with Crippen LogP contribution < -0.4 is 14.4 Å². The first-order valence-electron chi connectivity index (χ1n) is 14.7. The molecule has 0 saturated heterocycles. The van der Waals surface area contributed by atoms with Crippen LogP contribution >= 0.6 is 28.4 Å². The summed E-state index contributed by atoms with van der Waals surface area (Å²) < 4.78 is 36.1. The number of benzene rings is 3. The maximum Gasteiger partial charge on any atom is 0.319 e. The summed E-state index contributed by atoms with van der Waals surface area (Å²) in [6.45, 7) is 6.09. The first-order valence-corrected chi connectivity index (χ1v) is 18.7. The van der Waals surface area contributed by atoms with Crippen molar-refractivity contribution >= 4 is 56.0 Å². The van der Waals surface area contributed by atoms with Crippen molar-refractivity contribution in [3.63, 3.8) is 0 Å². The highest BCUT2D eigenvalue weighted by Gasteiger charge is 2.34. The third kappa shape index (κ3) is 5.84. The Labute approximate surface area is 271 Å². The molecule has 8 nitrogen and oxygen atoms in total. The molecule has 1 fully saturated rings. The van der Waals surface area contributed by atoms with E-state index in [-0.39, 0.29) is 24.0 Å². The number of halogens is 2. The summed E-state index contributed by atoms with van der Waals surface area (Å²) in [4.78, 5) is 11.8. The molecular weight excluding hydrogens is 691 g/mol. The Morgan fingerprint density at radius 2 is 1.84 bits per heavy atom. The smallest absolute Gasteiger partial charge is 0.319 e. The van der Waals surface area contributed by atoms with Gasteiger partial charge in [0.15, 0.2) is 5.75 Å². The predicted octanol–water partition coefficient (Wildman–Crippen LogP) is 8.38. The quantitative estimate of drug-likeness (QED) is 0.100. The van der Waals surface area contributed by atoms with Crippen LogP contribution in [0.15, 0.2) is 48.7 Å². The van der Waals surface area contributed by atoms with Gasteiger partial charge in [0.25, 0.3) is 0 Å². The summed E-state index contributed by atoms with van der Waals surface area (Å²) in [5.74, 6) is 1.36. The summed E-state index contributed by atoms with van der Waals surface area (Å²) >= 11 is 2.28. The lowest BCUT2D eigenvalue weighted by Gasteiger charge is -2.25. The van der Waals surface area contributed by atoms with Crippen LogP contribution in [0.2, 0.25) is 0 Å². The number of ether oxygens (including phenoxy) is 3. The van der Waals surface area contributed by atoms with Crippen LogP contribution in [0.25, 0.3) is 32.9 Å². The molecule has 1 aliphatic carbocycles. The monoisotopic (exact) mass is 727 g/mol. The zero-order valence-corrected chi connectivity index (χ0v) is 28.8. The molecule has 3 atom stereocenters. The lowest BCUT2D eigenvalue weighted by molar-refractivity contribution is 0.0682. The Hall–Kier alpha value is -3.08. The van der Waals surface area contributed by atoms with E-state index < -0.39 is 0 Å². The molecule has 0 aliphatic heterocycles. The van der Waals surface area contributed by atoms with Crippen LogP contribution in [0.5, 0.6) is 11.8 Å². The lowest BCUT2D eigenvalue weighted by Crippen LogP contribution is -2.19. The average Bonchev–Trinajstić information content (AvgIpc) is 3.80.